The van der Waals surface area contributed by atoms with Gasteiger partial charge in [-0.1, -0.05) is 75.4 Å². The van der Waals surface area contributed by atoms with Crippen molar-refractivity contribution in [2.24, 2.45) is 0 Å². The number of aromatic amines is 1. The van der Waals surface area contributed by atoms with Crippen molar-refractivity contribution in [1.82, 2.24) is 14.9 Å². The van der Waals surface area contributed by atoms with Gasteiger partial charge in [0, 0.05) is 36.7 Å². The van der Waals surface area contributed by atoms with Crippen molar-refractivity contribution in [2.75, 3.05) is 11.9 Å². The first-order valence-corrected chi connectivity index (χ1v) is 20.6. The normalized spacial score (nSPS) is 12.7. The zero-order valence-electron chi connectivity index (χ0n) is 30.7. The van der Waals surface area contributed by atoms with Crippen molar-refractivity contribution in [3.63, 3.8) is 0 Å². The molecule has 276 valence electrons. The highest BCUT2D eigenvalue weighted by atomic mass is 28.4. The maximum Gasteiger partial charge on any atom is 0.419 e. The zero-order valence-corrected chi connectivity index (χ0v) is 31.7. The van der Waals surface area contributed by atoms with Gasteiger partial charge >= 0.3 is 11.8 Å². The number of aromatic nitrogens is 2. The molecule has 11 nitrogen and oxygen atoms in total. The van der Waals surface area contributed by atoms with Gasteiger partial charge < -0.3 is 29.4 Å². The molecular formula is C41H46N4O7Si. The Bertz CT molecular complexity index is 2370. The third kappa shape index (κ3) is 8.46. The number of aromatic hydroxyl groups is 1. The Hall–Kier alpha value is -5.43. The second-order valence-corrected chi connectivity index (χ2v) is 19.6. The first-order valence-electron chi connectivity index (χ1n) is 17.7. The third-order valence-corrected chi connectivity index (χ3v) is 14.6. The molecule has 6 aromatic rings. The number of hydrogen-bond donors (Lipinski definition) is 5. The van der Waals surface area contributed by atoms with E-state index in [4.69, 9.17) is 8.84 Å². The number of carbonyl (C=O) groups is 1. The van der Waals surface area contributed by atoms with Gasteiger partial charge in [-0.05, 0) is 83.6 Å². The number of nitrogens with zero attached hydrogens (tertiary/aromatic N) is 1. The van der Waals surface area contributed by atoms with Crippen LogP contribution in [-0.4, -0.2) is 40.7 Å². The Kier molecular flexibility index (Phi) is 10.8. The van der Waals surface area contributed by atoms with Crippen molar-refractivity contribution >= 4 is 42.1 Å². The minimum Gasteiger partial charge on any atom is -0.506 e. The monoisotopic (exact) mass is 734 g/mol. The summed E-state index contributed by atoms with van der Waals surface area (Å²) in [7, 11) is -2.25. The first kappa shape index (κ1) is 37.3. The topological polar surface area (TPSA) is 159 Å². The molecule has 0 saturated carbocycles. The molecule has 1 atom stereocenters. The fraction of sp³-hybridized carbons (Fsp3) is 0.293. The van der Waals surface area contributed by atoms with Gasteiger partial charge in [-0.25, -0.2) is 9.59 Å². The molecule has 4 aromatic carbocycles. The Labute approximate surface area is 308 Å². The summed E-state index contributed by atoms with van der Waals surface area (Å²) in [5.74, 6) is -0.432. The number of hydrogen-bond acceptors (Lipinski definition) is 7. The molecule has 0 aliphatic rings. The number of amides is 1. The third-order valence-electron chi connectivity index (χ3n) is 10.1. The second kappa shape index (κ2) is 15.3. The van der Waals surface area contributed by atoms with Crippen LogP contribution in [-0.2, 0) is 23.9 Å². The van der Waals surface area contributed by atoms with Gasteiger partial charge in [0.25, 0.3) is 0 Å². The Balaban J connectivity index is 1.18. The zero-order chi connectivity index (χ0) is 37.9. The minimum atomic E-state index is -2.25. The number of pyridine rings is 1. The van der Waals surface area contributed by atoms with Crippen LogP contribution in [0.5, 0.6) is 5.75 Å². The highest BCUT2D eigenvalue weighted by Gasteiger charge is 2.39. The van der Waals surface area contributed by atoms with Gasteiger partial charge in [-0.15, -0.1) is 0 Å². The predicted octanol–water partition coefficient (Wildman–Crippen LogP) is 8.38. The summed E-state index contributed by atoms with van der Waals surface area (Å²) in [6.45, 7) is 12.3. The van der Waals surface area contributed by atoms with E-state index in [2.05, 4.69) is 49.5 Å². The summed E-state index contributed by atoms with van der Waals surface area (Å²) in [6, 6.07) is 27.7. The molecule has 2 heterocycles. The summed E-state index contributed by atoms with van der Waals surface area (Å²) in [6.07, 6.45) is -0.245. The maximum absolute atomic E-state index is 12.9. The van der Waals surface area contributed by atoms with Crippen molar-refractivity contribution in [3.8, 4) is 16.9 Å². The van der Waals surface area contributed by atoms with Crippen molar-refractivity contribution in [1.29, 1.82) is 0 Å². The molecule has 0 saturated heterocycles. The van der Waals surface area contributed by atoms with Gasteiger partial charge in [-0.3, -0.25) is 14.7 Å². The minimum absolute atomic E-state index is 0.000793. The predicted molar refractivity (Wildman–Crippen MR) is 211 cm³/mol. The lowest BCUT2D eigenvalue weighted by atomic mass is 9.99. The Morgan fingerprint density at radius 2 is 1.72 bits per heavy atom. The fourth-order valence-corrected chi connectivity index (χ4v) is 7.62. The molecule has 12 heteroatoms. The van der Waals surface area contributed by atoms with Crippen LogP contribution in [0.4, 0.5) is 10.5 Å². The lowest BCUT2D eigenvalue weighted by molar-refractivity contribution is 0.181. The molecule has 0 unspecified atom stereocenters. The van der Waals surface area contributed by atoms with E-state index in [0.717, 1.165) is 33.2 Å². The largest absolute Gasteiger partial charge is 0.506 e. The average molecular weight is 735 g/mol. The number of anilines is 1. The number of nitrogens with one attached hydrogen (secondary N) is 3. The fourth-order valence-electron chi connectivity index (χ4n) is 6.34. The Morgan fingerprint density at radius 1 is 0.962 bits per heavy atom. The van der Waals surface area contributed by atoms with Gasteiger partial charge in [0.2, 0.25) is 5.56 Å². The summed E-state index contributed by atoms with van der Waals surface area (Å²) in [5, 5.41) is 26.7. The van der Waals surface area contributed by atoms with E-state index in [1.165, 1.54) is 6.07 Å². The van der Waals surface area contributed by atoms with Gasteiger partial charge in [0.05, 0.1) is 22.8 Å². The number of fused-ring (bicyclic) bond motifs is 2. The van der Waals surface area contributed by atoms with Gasteiger partial charge in [0.1, 0.15) is 5.75 Å². The molecule has 6 rings (SSSR count). The van der Waals surface area contributed by atoms with Crippen molar-refractivity contribution in [3.05, 3.63) is 129 Å². The van der Waals surface area contributed by atoms with E-state index in [9.17, 15) is 24.6 Å². The van der Waals surface area contributed by atoms with Crippen LogP contribution in [0.15, 0.2) is 105 Å². The van der Waals surface area contributed by atoms with Gasteiger partial charge in [0.15, 0.2) is 13.9 Å². The van der Waals surface area contributed by atoms with E-state index < -0.39 is 20.2 Å². The standard InChI is InChI=1S/C41H46N4O7Si/c1-41(2,3)53(4,5)52-36(30-16-18-34(46)38-31(30)17-20-37(47)44-38)25-42-24-27-14-19-35-33(23-27)45(40(50)51-35)21-9-10-26-13-15-29(28-11-7-6-8-12-28)32(22-26)43-39(48)49/h6-8,11-20,22-23,36,42-43,46H,9-10,21,24-25H2,1-5H3,(H,44,47)(H,48,49)/t36-/m1/s1. The summed E-state index contributed by atoms with van der Waals surface area (Å²) >= 11 is 0. The number of benzene rings is 4. The molecule has 0 aliphatic carbocycles. The number of rotatable bonds is 13. The number of H-pyrrole nitrogens is 1. The molecule has 0 bridgehead atoms. The summed E-state index contributed by atoms with van der Waals surface area (Å²) < 4.78 is 14.2. The van der Waals surface area contributed by atoms with Crippen molar-refractivity contribution in [2.45, 2.75) is 70.9 Å². The van der Waals surface area contributed by atoms with E-state index in [1.807, 2.05) is 72.8 Å². The molecule has 0 fully saturated rings. The van der Waals surface area contributed by atoms with Crippen LogP contribution in [0.1, 0.15) is 50.0 Å². The quantitative estimate of drug-likeness (QED) is 0.0741. The van der Waals surface area contributed by atoms with E-state index in [0.29, 0.717) is 54.8 Å². The number of oxazole rings is 1. The number of aryl methyl sites for hydroxylation is 2. The van der Waals surface area contributed by atoms with Crippen LogP contribution in [0.3, 0.4) is 0 Å². The summed E-state index contributed by atoms with van der Waals surface area (Å²) in [4.78, 5) is 39.4. The van der Waals surface area contributed by atoms with Gasteiger partial charge in [-0.2, -0.15) is 0 Å². The molecular weight excluding hydrogens is 689 g/mol. The molecule has 0 spiro atoms. The average Bonchev–Trinajstić information content (AvgIpc) is 3.41. The highest BCUT2D eigenvalue weighted by Crippen LogP contribution is 2.41. The molecule has 2 aromatic heterocycles. The highest BCUT2D eigenvalue weighted by molar-refractivity contribution is 6.74. The van der Waals surface area contributed by atoms with Crippen LogP contribution in [0, 0.1) is 0 Å². The number of phenolic OH excluding ortho intramolecular Hbond substituents is 1. The smallest absolute Gasteiger partial charge is 0.419 e. The lowest BCUT2D eigenvalue weighted by Crippen LogP contribution is -2.43. The number of phenols is 1. The van der Waals surface area contributed by atoms with E-state index in [1.54, 1.807) is 16.7 Å². The molecule has 53 heavy (non-hydrogen) atoms. The molecule has 0 radical (unpaired) electrons. The maximum atomic E-state index is 12.9. The van der Waals surface area contributed by atoms with Crippen molar-refractivity contribution < 1.29 is 23.9 Å². The van der Waals surface area contributed by atoms with Crippen LogP contribution in [0.2, 0.25) is 18.1 Å². The molecule has 5 N–H and O–H groups in total. The van der Waals surface area contributed by atoms with Crippen LogP contribution in [0.25, 0.3) is 33.1 Å². The van der Waals surface area contributed by atoms with Crippen LogP contribution >= 0.6 is 0 Å². The van der Waals surface area contributed by atoms with E-state index in [-0.39, 0.29) is 22.5 Å². The lowest BCUT2D eigenvalue weighted by Gasteiger charge is -2.39. The van der Waals surface area contributed by atoms with Crippen LogP contribution < -0.4 is 21.9 Å². The molecule has 0 aliphatic heterocycles. The SMILES string of the molecule is CC(C)(C)[Si](C)(C)O[C@H](CNCc1ccc2oc(=O)n(CCCc3ccc(-c4ccccc4)c(NC(=O)O)c3)c2c1)c1ccc(O)c2[nH]c(=O)ccc12. The second-order valence-electron chi connectivity index (χ2n) is 14.9. The Morgan fingerprint density at radius 3 is 2.45 bits per heavy atom. The first-order chi connectivity index (χ1) is 25.2. The number of carboxylic acid groups (broad SMARTS) is 1. The van der Waals surface area contributed by atoms with E-state index >= 15 is 0 Å². The molecule has 1 amide bonds. The summed E-state index contributed by atoms with van der Waals surface area (Å²) in [5.41, 5.74) is 6.27.